The Morgan fingerprint density at radius 1 is 1.16 bits per heavy atom. The van der Waals surface area contributed by atoms with E-state index in [1.807, 2.05) is 32.0 Å². The van der Waals surface area contributed by atoms with Gasteiger partial charge in [-0.25, -0.2) is 0 Å². The van der Waals surface area contributed by atoms with Crippen molar-refractivity contribution in [3.05, 3.63) is 52.0 Å². The number of nitrogens with one attached hydrogen (secondary N) is 1. The first kappa shape index (κ1) is 17.7. The number of amides is 1. The summed E-state index contributed by atoms with van der Waals surface area (Å²) in [6.07, 6.45) is 0. The van der Waals surface area contributed by atoms with Crippen LogP contribution in [0.2, 0.25) is 10.0 Å². The van der Waals surface area contributed by atoms with E-state index in [1.165, 1.54) is 0 Å². The van der Waals surface area contributed by atoms with E-state index in [1.54, 1.807) is 18.2 Å². The molecule has 1 heterocycles. The number of carbonyl (C=O) groups is 1. The molecule has 0 aromatic heterocycles. The second-order valence-corrected chi connectivity index (χ2v) is 6.95. The lowest BCUT2D eigenvalue weighted by atomic mass is 9.94. The molecule has 5 nitrogen and oxygen atoms in total. The van der Waals surface area contributed by atoms with E-state index in [9.17, 15) is 4.79 Å². The Bertz CT molecular complexity index is 808. The topological polar surface area (TPSA) is 56.8 Å². The Labute approximate surface area is 155 Å². The number of rotatable bonds is 5. The molecule has 0 radical (unpaired) electrons. The second-order valence-electron chi connectivity index (χ2n) is 6.10. The zero-order chi connectivity index (χ0) is 18.0. The van der Waals surface area contributed by atoms with Gasteiger partial charge in [0, 0.05) is 5.02 Å². The van der Waals surface area contributed by atoms with Crippen molar-refractivity contribution >= 4 is 29.1 Å². The molecule has 0 aliphatic carbocycles. The van der Waals surface area contributed by atoms with E-state index in [-0.39, 0.29) is 19.3 Å². The highest BCUT2D eigenvalue weighted by atomic mass is 35.5. The van der Waals surface area contributed by atoms with Crippen molar-refractivity contribution in [3.63, 3.8) is 0 Å². The molecular formula is C18H17Cl2NO4. The molecule has 25 heavy (non-hydrogen) atoms. The SMILES string of the molecule is CC(C)(NC(=O)COc1ccc(Cl)cc1Cl)c1ccc2c(c1)OCO2. The molecule has 1 amide bonds. The van der Waals surface area contributed by atoms with Crippen LogP contribution in [0.3, 0.4) is 0 Å². The lowest BCUT2D eigenvalue weighted by Crippen LogP contribution is -2.43. The first-order valence-corrected chi connectivity index (χ1v) is 8.40. The molecule has 0 saturated heterocycles. The Balaban J connectivity index is 1.63. The summed E-state index contributed by atoms with van der Waals surface area (Å²) in [4.78, 5) is 12.3. The summed E-state index contributed by atoms with van der Waals surface area (Å²) in [5.41, 5.74) is 0.292. The highest BCUT2D eigenvalue weighted by Crippen LogP contribution is 2.35. The van der Waals surface area contributed by atoms with E-state index in [2.05, 4.69) is 5.32 Å². The average molecular weight is 382 g/mol. The highest BCUT2D eigenvalue weighted by molar-refractivity contribution is 6.35. The zero-order valence-electron chi connectivity index (χ0n) is 13.8. The molecule has 2 aromatic rings. The van der Waals surface area contributed by atoms with E-state index in [0.29, 0.717) is 27.3 Å². The van der Waals surface area contributed by atoms with Crippen LogP contribution < -0.4 is 19.5 Å². The van der Waals surface area contributed by atoms with Gasteiger partial charge in [0.1, 0.15) is 5.75 Å². The predicted molar refractivity (Wildman–Crippen MR) is 95.7 cm³/mol. The van der Waals surface area contributed by atoms with Crippen LogP contribution in [0, 0.1) is 0 Å². The Kier molecular flexibility index (Phi) is 4.97. The van der Waals surface area contributed by atoms with E-state index in [4.69, 9.17) is 37.4 Å². The number of halogens is 2. The van der Waals surface area contributed by atoms with Crippen molar-refractivity contribution in [2.45, 2.75) is 19.4 Å². The summed E-state index contributed by atoms with van der Waals surface area (Å²) in [6.45, 7) is 3.85. The van der Waals surface area contributed by atoms with Gasteiger partial charge in [-0.1, -0.05) is 29.3 Å². The molecule has 132 valence electrons. The van der Waals surface area contributed by atoms with Crippen LogP contribution in [0.25, 0.3) is 0 Å². The molecule has 1 aliphatic heterocycles. The van der Waals surface area contributed by atoms with E-state index in [0.717, 1.165) is 5.56 Å². The second kappa shape index (κ2) is 7.02. The molecule has 2 aromatic carbocycles. The van der Waals surface area contributed by atoms with Crippen LogP contribution in [0.5, 0.6) is 17.2 Å². The van der Waals surface area contributed by atoms with E-state index < -0.39 is 5.54 Å². The van der Waals surface area contributed by atoms with Crippen LogP contribution in [0.1, 0.15) is 19.4 Å². The smallest absolute Gasteiger partial charge is 0.258 e. The normalized spacial score (nSPS) is 12.8. The zero-order valence-corrected chi connectivity index (χ0v) is 15.3. The minimum Gasteiger partial charge on any atom is -0.482 e. The first-order chi connectivity index (χ1) is 11.8. The van der Waals surface area contributed by atoms with Crippen molar-refractivity contribution in [2.75, 3.05) is 13.4 Å². The average Bonchev–Trinajstić information content (AvgIpc) is 3.01. The van der Waals surface area contributed by atoms with Gasteiger partial charge in [0.2, 0.25) is 6.79 Å². The van der Waals surface area contributed by atoms with Gasteiger partial charge in [0.15, 0.2) is 18.1 Å². The Morgan fingerprint density at radius 2 is 1.92 bits per heavy atom. The number of fused-ring (bicyclic) bond motifs is 1. The predicted octanol–water partition coefficient (Wildman–Crippen LogP) is 4.15. The number of hydrogen-bond donors (Lipinski definition) is 1. The van der Waals surface area contributed by atoms with Crippen LogP contribution in [0.4, 0.5) is 0 Å². The molecule has 3 rings (SSSR count). The fourth-order valence-electron chi connectivity index (χ4n) is 2.48. The summed E-state index contributed by atoms with van der Waals surface area (Å²) in [5.74, 6) is 1.51. The third-order valence-corrected chi connectivity index (χ3v) is 4.33. The summed E-state index contributed by atoms with van der Waals surface area (Å²) in [7, 11) is 0. The van der Waals surface area contributed by atoms with E-state index >= 15 is 0 Å². The van der Waals surface area contributed by atoms with Crippen LogP contribution in [-0.2, 0) is 10.3 Å². The third kappa shape index (κ3) is 4.11. The van der Waals surface area contributed by atoms with Crippen LogP contribution in [-0.4, -0.2) is 19.3 Å². The number of benzene rings is 2. The van der Waals surface area contributed by atoms with Gasteiger partial charge >= 0.3 is 0 Å². The van der Waals surface area contributed by atoms with Gasteiger partial charge in [-0.2, -0.15) is 0 Å². The Morgan fingerprint density at radius 3 is 2.68 bits per heavy atom. The lowest BCUT2D eigenvalue weighted by molar-refractivity contribution is -0.124. The summed E-state index contributed by atoms with van der Waals surface area (Å²) >= 11 is 11.9. The highest BCUT2D eigenvalue weighted by Gasteiger charge is 2.26. The maximum atomic E-state index is 12.3. The largest absolute Gasteiger partial charge is 0.482 e. The van der Waals surface area contributed by atoms with Gasteiger partial charge in [0.25, 0.3) is 5.91 Å². The molecule has 0 unspecified atom stereocenters. The van der Waals surface area contributed by atoms with Crippen molar-refractivity contribution in [1.82, 2.24) is 5.32 Å². The quantitative estimate of drug-likeness (QED) is 0.844. The standard InChI is InChI=1S/C18H17Cl2NO4/c1-18(2,11-3-5-15-16(7-11)25-10-24-15)21-17(22)9-23-14-6-4-12(19)8-13(14)20/h3-8H,9-10H2,1-2H3,(H,21,22). The lowest BCUT2D eigenvalue weighted by Gasteiger charge is -2.27. The van der Waals surface area contributed by atoms with Gasteiger partial charge in [-0.3, -0.25) is 4.79 Å². The molecule has 0 fully saturated rings. The molecule has 1 aliphatic rings. The number of ether oxygens (including phenoxy) is 3. The summed E-state index contributed by atoms with van der Waals surface area (Å²) in [5, 5.41) is 3.80. The monoisotopic (exact) mass is 381 g/mol. The fraction of sp³-hybridized carbons (Fsp3) is 0.278. The molecule has 1 N–H and O–H groups in total. The number of carbonyl (C=O) groups excluding carboxylic acids is 1. The van der Waals surface area contributed by atoms with Crippen LogP contribution >= 0.6 is 23.2 Å². The van der Waals surface area contributed by atoms with Gasteiger partial charge in [0.05, 0.1) is 10.6 Å². The maximum Gasteiger partial charge on any atom is 0.258 e. The van der Waals surface area contributed by atoms with Gasteiger partial charge in [-0.15, -0.1) is 0 Å². The maximum absolute atomic E-state index is 12.3. The molecule has 7 heteroatoms. The summed E-state index contributed by atoms with van der Waals surface area (Å²) < 4.78 is 16.1. The molecular weight excluding hydrogens is 365 g/mol. The Hall–Kier alpha value is -2.11. The summed E-state index contributed by atoms with van der Waals surface area (Å²) in [6, 6.07) is 10.4. The van der Waals surface area contributed by atoms with Crippen molar-refractivity contribution < 1.29 is 19.0 Å². The third-order valence-electron chi connectivity index (χ3n) is 3.80. The first-order valence-electron chi connectivity index (χ1n) is 7.64. The molecule has 0 bridgehead atoms. The van der Waals surface area contributed by atoms with Gasteiger partial charge in [-0.05, 0) is 49.7 Å². The van der Waals surface area contributed by atoms with Crippen LogP contribution in [0.15, 0.2) is 36.4 Å². The fourth-order valence-corrected chi connectivity index (χ4v) is 2.94. The van der Waals surface area contributed by atoms with Gasteiger partial charge < -0.3 is 19.5 Å². The minimum absolute atomic E-state index is 0.157. The van der Waals surface area contributed by atoms with Crippen molar-refractivity contribution in [2.24, 2.45) is 0 Å². The van der Waals surface area contributed by atoms with Crippen molar-refractivity contribution in [3.8, 4) is 17.2 Å². The van der Waals surface area contributed by atoms with Crippen molar-refractivity contribution in [1.29, 1.82) is 0 Å². The minimum atomic E-state index is -0.606. The molecule has 0 atom stereocenters. The number of hydrogen-bond acceptors (Lipinski definition) is 4. The molecule has 0 spiro atoms. The molecule has 0 saturated carbocycles.